The summed E-state index contributed by atoms with van der Waals surface area (Å²) in [4.78, 5) is 12.7. The molecule has 0 saturated carbocycles. The van der Waals surface area contributed by atoms with Gasteiger partial charge < -0.3 is 19.3 Å². The van der Waals surface area contributed by atoms with Crippen molar-refractivity contribution >= 4 is 11.9 Å². The van der Waals surface area contributed by atoms with E-state index in [1.54, 1.807) is 36.4 Å². The Labute approximate surface area is 176 Å². The van der Waals surface area contributed by atoms with Crippen LogP contribution < -0.4 is 14.2 Å². The number of rotatable bonds is 9. The number of ketones is 1. The van der Waals surface area contributed by atoms with Crippen LogP contribution in [0.1, 0.15) is 28.4 Å². The van der Waals surface area contributed by atoms with Gasteiger partial charge >= 0.3 is 0 Å². The van der Waals surface area contributed by atoms with Crippen molar-refractivity contribution in [2.75, 3.05) is 13.7 Å². The lowest BCUT2D eigenvalue weighted by molar-refractivity contribution is 0.104. The lowest BCUT2D eigenvalue weighted by Gasteiger charge is -2.10. The molecule has 0 saturated heterocycles. The third-order valence-electron chi connectivity index (χ3n) is 4.41. The first-order valence-electron chi connectivity index (χ1n) is 9.63. The minimum atomic E-state index is -0.241. The monoisotopic (exact) mass is 404 g/mol. The smallest absolute Gasteiger partial charge is 0.189 e. The number of benzene rings is 3. The van der Waals surface area contributed by atoms with Crippen LogP contribution in [0.2, 0.25) is 0 Å². The van der Waals surface area contributed by atoms with Gasteiger partial charge in [0, 0.05) is 17.7 Å². The lowest BCUT2D eigenvalue weighted by Crippen LogP contribution is -2.01. The number of phenolic OH excluding ortho intramolecular Hbond substituents is 1. The molecule has 5 heteroatoms. The van der Waals surface area contributed by atoms with Gasteiger partial charge in [-0.15, -0.1) is 0 Å². The number of ether oxygens (including phenoxy) is 3. The first-order valence-corrected chi connectivity index (χ1v) is 9.63. The summed E-state index contributed by atoms with van der Waals surface area (Å²) in [6, 6.07) is 19.9. The molecule has 0 aromatic heterocycles. The Bertz CT molecular complexity index is 1020. The van der Waals surface area contributed by atoms with Gasteiger partial charge in [0.2, 0.25) is 0 Å². The Balaban J connectivity index is 1.71. The third-order valence-corrected chi connectivity index (χ3v) is 4.41. The maximum Gasteiger partial charge on any atom is 0.189 e. The van der Waals surface area contributed by atoms with Gasteiger partial charge in [-0.05, 0) is 48.9 Å². The molecule has 0 aliphatic heterocycles. The van der Waals surface area contributed by atoms with Crippen LogP contribution in [-0.2, 0) is 6.61 Å². The van der Waals surface area contributed by atoms with Crippen molar-refractivity contribution in [2.45, 2.75) is 13.5 Å². The first kappa shape index (κ1) is 21.0. The highest BCUT2D eigenvalue weighted by Gasteiger charge is 2.12. The third kappa shape index (κ3) is 5.41. The van der Waals surface area contributed by atoms with E-state index in [1.807, 2.05) is 37.3 Å². The average Bonchev–Trinajstić information content (AvgIpc) is 2.77. The topological polar surface area (TPSA) is 65.0 Å². The van der Waals surface area contributed by atoms with Gasteiger partial charge in [-0.25, -0.2) is 0 Å². The molecule has 0 aliphatic rings. The molecule has 0 unspecified atom stereocenters. The van der Waals surface area contributed by atoms with E-state index in [-0.39, 0.29) is 11.5 Å². The summed E-state index contributed by atoms with van der Waals surface area (Å²) in [6.07, 6.45) is 2.96. The molecule has 154 valence electrons. The summed E-state index contributed by atoms with van der Waals surface area (Å²) in [5.41, 5.74) is 1.98. The zero-order valence-corrected chi connectivity index (χ0v) is 17.0. The lowest BCUT2D eigenvalue weighted by atomic mass is 10.1. The number of carbonyl (C=O) groups is 1. The normalized spacial score (nSPS) is 10.7. The molecule has 0 amide bonds. The van der Waals surface area contributed by atoms with Crippen LogP contribution in [0.4, 0.5) is 0 Å². The fourth-order valence-corrected chi connectivity index (χ4v) is 2.88. The summed E-state index contributed by atoms with van der Waals surface area (Å²) in [5.74, 6) is 1.41. The standard InChI is InChI=1S/C25H24O5/c1-3-29-20-11-9-19(24(27)15-20)10-14-23(26)22-13-12-21(16-25(22)28-2)30-17-18-7-5-4-6-8-18/h4-16,27H,3,17H2,1-2H3. The molecular formula is C25H24O5. The second kappa shape index (κ2) is 10.2. The number of hydrogen-bond donors (Lipinski definition) is 1. The van der Waals surface area contributed by atoms with Crippen LogP contribution in [0.15, 0.2) is 72.8 Å². The summed E-state index contributed by atoms with van der Waals surface area (Å²) in [7, 11) is 1.51. The average molecular weight is 404 g/mol. The van der Waals surface area contributed by atoms with Crippen LogP contribution in [-0.4, -0.2) is 24.6 Å². The van der Waals surface area contributed by atoms with E-state index in [1.165, 1.54) is 19.3 Å². The van der Waals surface area contributed by atoms with Crippen molar-refractivity contribution in [1.82, 2.24) is 0 Å². The highest BCUT2D eigenvalue weighted by atomic mass is 16.5. The van der Waals surface area contributed by atoms with Crippen LogP contribution in [0.5, 0.6) is 23.0 Å². The first-order chi connectivity index (χ1) is 14.6. The quantitative estimate of drug-likeness (QED) is 0.389. The summed E-state index contributed by atoms with van der Waals surface area (Å²) in [5, 5.41) is 10.1. The highest BCUT2D eigenvalue weighted by molar-refractivity contribution is 6.08. The maximum atomic E-state index is 12.7. The largest absolute Gasteiger partial charge is 0.507 e. The molecule has 0 atom stereocenters. The molecule has 0 heterocycles. The Morgan fingerprint density at radius 3 is 2.40 bits per heavy atom. The fraction of sp³-hybridized carbons (Fsp3) is 0.160. The molecule has 30 heavy (non-hydrogen) atoms. The van der Waals surface area contributed by atoms with Gasteiger partial charge in [-0.3, -0.25) is 4.79 Å². The predicted octanol–water partition coefficient (Wildman–Crippen LogP) is 5.27. The van der Waals surface area contributed by atoms with Crippen molar-refractivity contribution < 1.29 is 24.1 Å². The number of methoxy groups -OCH3 is 1. The molecule has 3 aromatic rings. The van der Waals surface area contributed by atoms with Crippen molar-refractivity contribution in [3.63, 3.8) is 0 Å². The van der Waals surface area contributed by atoms with Crippen LogP contribution in [0.3, 0.4) is 0 Å². The molecule has 1 N–H and O–H groups in total. The Morgan fingerprint density at radius 1 is 0.967 bits per heavy atom. The van der Waals surface area contributed by atoms with Gasteiger partial charge in [0.25, 0.3) is 0 Å². The summed E-state index contributed by atoms with van der Waals surface area (Å²) < 4.78 is 16.5. The molecule has 3 rings (SSSR count). The van der Waals surface area contributed by atoms with Gasteiger partial charge in [0.1, 0.15) is 29.6 Å². The van der Waals surface area contributed by atoms with Crippen LogP contribution in [0, 0.1) is 0 Å². The van der Waals surface area contributed by atoms with E-state index in [2.05, 4.69) is 0 Å². The van der Waals surface area contributed by atoms with E-state index in [0.29, 0.717) is 41.6 Å². The molecule has 0 bridgehead atoms. The zero-order valence-electron chi connectivity index (χ0n) is 17.0. The molecule has 0 aliphatic carbocycles. The summed E-state index contributed by atoms with van der Waals surface area (Å²) >= 11 is 0. The summed E-state index contributed by atoms with van der Waals surface area (Å²) in [6.45, 7) is 2.81. The van der Waals surface area contributed by atoms with E-state index in [0.717, 1.165) is 5.56 Å². The molecular weight excluding hydrogens is 380 g/mol. The maximum absolute atomic E-state index is 12.7. The van der Waals surface area contributed by atoms with E-state index < -0.39 is 0 Å². The fourth-order valence-electron chi connectivity index (χ4n) is 2.88. The Kier molecular flexibility index (Phi) is 7.11. The van der Waals surface area contributed by atoms with Crippen molar-refractivity contribution in [3.05, 3.63) is 89.5 Å². The number of carbonyl (C=O) groups excluding carboxylic acids is 1. The van der Waals surface area contributed by atoms with E-state index >= 15 is 0 Å². The molecule has 3 aromatic carbocycles. The Hall–Kier alpha value is -3.73. The highest BCUT2D eigenvalue weighted by Crippen LogP contribution is 2.28. The number of hydrogen-bond acceptors (Lipinski definition) is 5. The Morgan fingerprint density at radius 2 is 1.70 bits per heavy atom. The number of phenols is 1. The van der Waals surface area contributed by atoms with Crippen LogP contribution >= 0.6 is 0 Å². The number of aromatic hydroxyl groups is 1. The molecule has 0 radical (unpaired) electrons. The predicted molar refractivity (Wildman–Crippen MR) is 116 cm³/mol. The second-order valence-electron chi connectivity index (χ2n) is 6.49. The van der Waals surface area contributed by atoms with Crippen molar-refractivity contribution in [1.29, 1.82) is 0 Å². The van der Waals surface area contributed by atoms with Gasteiger partial charge in [0.15, 0.2) is 5.78 Å². The van der Waals surface area contributed by atoms with Gasteiger partial charge in [0.05, 0.1) is 19.3 Å². The number of allylic oxidation sites excluding steroid dienone is 1. The minimum absolute atomic E-state index is 0.0432. The second-order valence-corrected chi connectivity index (χ2v) is 6.49. The minimum Gasteiger partial charge on any atom is -0.507 e. The zero-order chi connectivity index (χ0) is 21.3. The van der Waals surface area contributed by atoms with Crippen molar-refractivity contribution in [3.8, 4) is 23.0 Å². The van der Waals surface area contributed by atoms with Crippen molar-refractivity contribution in [2.24, 2.45) is 0 Å². The molecule has 0 fully saturated rings. The molecule has 0 spiro atoms. The molecule has 5 nitrogen and oxygen atoms in total. The van der Waals surface area contributed by atoms with Gasteiger partial charge in [-0.2, -0.15) is 0 Å². The van der Waals surface area contributed by atoms with E-state index in [9.17, 15) is 9.90 Å². The van der Waals surface area contributed by atoms with E-state index in [4.69, 9.17) is 14.2 Å². The van der Waals surface area contributed by atoms with Gasteiger partial charge in [-0.1, -0.05) is 30.3 Å². The van der Waals surface area contributed by atoms with Crippen LogP contribution in [0.25, 0.3) is 6.08 Å². The SMILES string of the molecule is CCOc1ccc(C=CC(=O)c2ccc(OCc3ccccc3)cc2OC)c(O)c1.